The lowest BCUT2D eigenvalue weighted by Crippen LogP contribution is -2.48. The van der Waals surface area contributed by atoms with E-state index in [4.69, 9.17) is 23.8 Å². The molecule has 1 aliphatic rings. The zero-order valence-corrected chi connectivity index (χ0v) is 16.7. The Bertz CT molecular complexity index is 724. The molecule has 0 amide bonds. The van der Waals surface area contributed by atoms with Gasteiger partial charge in [-0.25, -0.2) is 0 Å². The molecule has 0 N–H and O–H groups in total. The minimum atomic E-state index is 0.171. The van der Waals surface area contributed by atoms with E-state index in [0.717, 1.165) is 41.8 Å². The number of rotatable bonds is 2. The highest BCUT2D eigenvalue weighted by Gasteiger charge is 2.20. The maximum absolute atomic E-state index is 5.98. The molecular weight excluding hydrogens is 348 g/mol. The standard InChI is InChI=1S/C21H25ClN2S/c1-21(2,3)17-6-4-16(5-7-17)20(25)24-14-12-23(13-15-24)19-10-8-18(22)9-11-19/h4-11H,12-15H2,1-3H3. The minimum Gasteiger partial charge on any atom is -0.368 e. The van der Waals surface area contributed by atoms with Crippen LogP contribution in [0.25, 0.3) is 0 Å². The van der Waals surface area contributed by atoms with Gasteiger partial charge < -0.3 is 9.80 Å². The second-order valence-electron chi connectivity index (χ2n) is 7.58. The van der Waals surface area contributed by atoms with E-state index in [0.29, 0.717) is 0 Å². The SMILES string of the molecule is CC(C)(C)c1ccc(C(=S)N2CCN(c3ccc(Cl)cc3)CC2)cc1. The first-order valence-corrected chi connectivity index (χ1v) is 9.53. The molecule has 4 heteroatoms. The van der Waals surface area contributed by atoms with E-state index < -0.39 is 0 Å². The van der Waals surface area contributed by atoms with Gasteiger partial charge in [0, 0.05) is 42.5 Å². The summed E-state index contributed by atoms with van der Waals surface area (Å²) in [4.78, 5) is 5.66. The van der Waals surface area contributed by atoms with Crippen molar-refractivity contribution in [3.8, 4) is 0 Å². The molecule has 2 aromatic rings. The summed E-state index contributed by atoms with van der Waals surface area (Å²) in [6.07, 6.45) is 0. The molecule has 0 unspecified atom stereocenters. The Morgan fingerprint density at radius 3 is 1.96 bits per heavy atom. The van der Waals surface area contributed by atoms with Gasteiger partial charge in [-0.1, -0.05) is 68.9 Å². The van der Waals surface area contributed by atoms with Gasteiger partial charge in [-0.05, 0) is 35.2 Å². The van der Waals surface area contributed by atoms with E-state index in [2.05, 4.69) is 67.0 Å². The molecule has 0 atom stereocenters. The van der Waals surface area contributed by atoms with E-state index in [1.165, 1.54) is 11.3 Å². The van der Waals surface area contributed by atoms with Crippen molar-refractivity contribution in [3.63, 3.8) is 0 Å². The van der Waals surface area contributed by atoms with Gasteiger partial charge in [0.1, 0.15) is 4.99 Å². The Morgan fingerprint density at radius 2 is 1.44 bits per heavy atom. The van der Waals surface area contributed by atoms with Crippen LogP contribution in [0.15, 0.2) is 48.5 Å². The molecule has 0 spiro atoms. The van der Waals surface area contributed by atoms with Crippen molar-refractivity contribution in [2.45, 2.75) is 26.2 Å². The van der Waals surface area contributed by atoms with Crippen LogP contribution in [0, 0.1) is 0 Å². The van der Waals surface area contributed by atoms with E-state index in [1.54, 1.807) is 0 Å². The lowest BCUT2D eigenvalue weighted by atomic mass is 9.87. The number of nitrogens with zero attached hydrogens (tertiary/aromatic N) is 2. The number of hydrogen-bond acceptors (Lipinski definition) is 2. The maximum atomic E-state index is 5.98. The number of piperazine rings is 1. The van der Waals surface area contributed by atoms with Crippen molar-refractivity contribution in [1.29, 1.82) is 0 Å². The van der Waals surface area contributed by atoms with Crippen LogP contribution in [-0.4, -0.2) is 36.1 Å². The number of thiocarbonyl (C=S) groups is 1. The lowest BCUT2D eigenvalue weighted by Gasteiger charge is -2.37. The Kier molecular flexibility index (Phi) is 5.35. The molecule has 1 fully saturated rings. The predicted molar refractivity (Wildman–Crippen MR) is 112 cm³/mol. The van der Waals surface area contributed by atoms with Crippen molar-refractivity contribution in [1.82, 2.24) is 4.90 Å². The molecule has 1 saturated heterocycles. The summed E-state index contributed by atoms with van der Waals surface area (Å²) in [5, 5.41) is 0.780. The van der Waals surface area contributed by atoms with Crippen molar-refractivity contribution in [3.05, 3.63) is 64.7 Å². The summed E-state index contributed by atoms with van der Waals surface area (Å²) >= 11 is 11.7. The van der Waals surface area contributed by atoms with E-state index in [1.807, 2.05) is 12.1 Å². The molecule has 132 valence electrons. The Labute approximate surface area is 161 Å². The Morgan fingerprint density at radius 1 is 0.880 bits per heavy atom. The van der Waals surface area contributed by atoms with Crippen LogP contribution in [0.4, 0.5) is 5.69 Å². The van der Waals surface area contributed by atoms with Gasteiger partial charge in [-0.3, -0.25) is 0 Å². The van der Waals surface area contributed by atoms with Gasteiger partial charge in [0.2, 0.25) is 0 Å². The smallest absolute Gasteiger partial charge is 0.109 e. The third-order valence-electron chi connectivity index (χ3n) is 4.76. The lowest BCUT2D eigenvalue weighted by molar-refractivity contribution is 0.392. The highest BCUT2D eigenvalue weighted by atomic mass is 35.5. The van der Waals surface area contributed by atoms with E-state index >= 15 is 0 Å². The molecule has 0 aliphatic carbocycles. The van der Waals surface area contributed by atoms with Crippen molar-refractivity contribution in [2.24, 2.45) is 0 Å². The average molecular weight is 373 g/mol. The molecule has 0 radical (unpaired) electrons. The van der Waals surface area contributed by atoms with Crippen molar-refractivity contribution >= 4 is 34.5 Å². The number of hydrogen-bond donors (Lipinski definition) is 0. The van der Waals surface area contributed by atoms with Crippen LogP contribution in [-0.2, 0) is 5.41 Å². The van der Waals surface area contributed by atoms with Crippen LogP contribution in [0.2, 0.25) is 5.02 Å². The zero-order chi connectivity index (χ0) is 18.0. The normalized spacial score (nSPS) is 15.4. The van der Waals surface area contributed by atoms with Crippen LogP contribution < -0.4 is 4.90 Å². The van der Waals surface area contributed by atoms with Gasteiger partial charge in [0.25, 0.3) is 0 Å². The van der Waals surface area contributed by atoms with E-state index in [-0.39, 0.29) is 5.41 Å². The van der Waals surface area contributed by atoms with E-state index in [9.17, 15) is 0 Å². The van der Waals surface area contributed by atoms with Crippen LogP contribution in [0.1, 0.15) is 31.9 Å². The molecular formula is C21H25ClN2S. The summed E-state index contributed by atoms with van der Waals surface area (Å²) in [6, 6.07) is 16.8. The zero-order valence-electron chi connectivity index (χ0n) is 15.1. The third-order valence-corrected chi connectivity index (χ3v) is 5.50. The summed E-state index contributed by atoms with van der Waals surface area (Å²) in [7, 11) is 0. The first-order valence-electron chi connectivity index (χ1n) is 8.75. The molecule has 2 nitrogen and oxygen atoms in total. The molecule has 0 bridgehead atoms. The molecule has 1 aliphatic heterocycles. The quantitative estimate of drug-likeness (QED) is 0.674. The summed E-state index contributed by atoms with van der Waals surface area (Å²) in [5.41, 5.74) is 3.88. The first-order chi connectivity index (χ1) is 11.8. The highest BCUT2D eigenvalue weighted by molar-refractivity contribution is 7.80. The van der Waals surface area contributed by atoms with Gasteiger partial charge in [0.15, 0.2) is 0 Å². The topological polar surface area (TPSA) is 6.48 Å². The second kappa shape index (κ2) is 7.35. The Balaban J connectivity index is 1.62. The monoisotopic (exact) mass is 372 g/mol. The molecule has 25 heavy (non-hydrogen) atoms. The minimum absolute atomic E-state index is 0.171. The first kappa shape index (κ1) is 18.2. The fraction of sp³-hybridized carbons (Fsp3) is 0.381. The summed E-state index contributed by atoms with van der Waals surface area (Å²) < 4.78 is 0. The Hall–Kier alpha value is -1.58. The van der Waals surface area contributed by atoms with Gasteiger partial charge in [-0.2, -0.15) is 0 Å². The predicted octanol–water partition coefficient (Wildman–Crippen LogP) is 5.14. The van der Waals surface area contributed by atoms with Crippen LogP contribution in [0.3, 0.4) is 0 Å². The average Bonchev–Trinajstić information content (AvgIpc) is 2.61. The van der Waals surface area contributed by atoms with Crippen LogP contribution in [0.5, 0.6) is 0 Å². The van der Waals surface area contributed by atoms with Crippen molar-refractivity contribution in [2.75, 3.05) is 31.1 Å². The number of benzene rings is 2. The third kappa shape index (κ3) is 4.34. The van der Waals surface area contributed by atoms with Gasteiger partial charge in [0.05, 0.1) is 0 Å². The van der Waals surface area contributed by atoms with Gasteiger partial charge in [-0.15, -0.1) is 0 Å². The highest BCUT2D eigenvalue weighted by Crippen LogP contribution is 2.24. The molecule has 1 heterocycles. The molecule has 2 aromatic carbocycles. The van der Waals surface area contributed by atoms with Gasteiger partial charge >= 0.3 is 0 Å². The number of halogens is 1. The molecule has 0 aromatic heterocycles. The van der Waals surface area contributed by atoms with Crippen molar-refractivity contribution < 1.29 is 0 Å². The number of anilines is 1. The fourth-order valence-corrected chi connectivity index (χ4v) is 3.56. The van der Waals surface area contributed by atoms with Crippen LogP contribution >= 0.6 is 23.8 Å². The second-order valence-corrected chi connectivity index (χ2v) is 8.41. The maximum Gasteiger partial charge on any atom is 0.109 e. The summed E-state index contributed by atoms with van der Waals surface area (Å²) in [6.45, 7) is 10.5. The molecule has 3 rings (SSSR count). The summed E-state index contributed by atoms with van der Waals surface area (Å²) in [5.74, 6) is 0. The largest absolute Gasteiger partial charge is 0.368 e. The fourth-order valence-electron chi connectivity index (χ4n) is 3.12. The molecule has 0 saturated carbocycles.